The molecule has 2 fully saturated rings. The van der Waals surface area contributed by atoms with Crippen molar-refractivity contribution in [2.75, 3.05) is 6.61 Å². The fourth-order valence-corrected chi connectivity index (χ4v) is 3.27. The molecule has 0 aromatic rings. The Bertz CT molecular complexity index is 227. The van der Waals surface area contributed by atoms with E-state index in [1.54, 1.807) is 0 Å². The van der Waals surface area contributed by atoms with Crippen molar-refractivity contribution in [2.24, 2.45) is 11.8 Å². The molecule has 2 saturated carbocycles. The third kappa shape index (κ3) is 2.78. The molecule has 0 aromatic heterocycles. The van der Waals surface area contributed by atoms with Gasteiger partial charge in [-0.2, -0.15) is 0 Å². The predicted octanol–water partition coefficient (Wildman–Crippen LogP) is 2.71. The lowest BCUT2D eigenvalue weighted by Crippen LogP contribution is -2.53. The molecule has 0 spiro atoms. The van der Waals surface area contributed by atoms with Crippen LogP contribution in [0.2, 0.25) is 0 Å². The van der Waals surface area contributed by atoms with Gasteiger partial charge in [0.1, 0.15) is 0 Å². The molecule has 3 atom stereocenters. The SMILES string of the molecule is CCC1CCCC(NC(C)(CO)C2CC2)C1. The predicted molar refractivity (Wildman–Crippen MR) is 67.4 cm³/mol. The number of aliphatic hydroxyl groups excluding tert-OH is 1. The summed E-state index contributed by atoms with van der Waals surface area (Å²) in [4.78, 5) is 0. The second kappa shape index (κ2) is 5.05. The second-order valence-corrected chi connectivity index (χ2v) is 6.13. The minimum Gasteiger partial charge on any atom is -0.394 e. The van der Waals surface area contributed by atoms with E-state index in [0.29, 0.717) is 12.6 Å². The van der Waals surface area contributed by atoms with Crippen molar-refractivity contribution in [2.45, 2.75) is 70.4 Å². The molecular weight excluding hydrogens is 198 g/mol. The van der Waals surface area contributed by atoms with E-state index in [2.05, 4.69) is 19.2 Å². The molecule has 3 unspecified atom stereocenters. The van der Waals surface area contributed by atoms with Gasteiger partial charge in [-0.15, -0.1) is 0 Å². The zero-order valence-electron chi connectivity index (χ0n) is 10.8. The van der Waals surface area contributed by atoms with Gasteiger partial charge in [0.15, 0.2) is 0 Å². The first-order valence-corrected chi connectivity index (χ1v) is 7.06. The van der Waals surface area contributed by atoms with Crippen LogP contribution in [0.4, 0.5) is 0 Å². The molecule has 0 bridgehead atoms. The maximum absolute atomic E-state index is 9.59. The fraction of sp³-hybridized carbons (Fsp3) is 1.00. The molecule has 0 radical (unpaired) electrons. The van der Waals surface area contributed by atoms with Crippen LogP contribution in [0.1, 0.15) is 58.8 Å². The van der Waals surface area contributed by atoms with E-state index >= 15 is 0 Å². The molecule has 2 N–H and O–H groups in total. The molecule has 2 aliphatic rings. The van der Waals surface area contributed by atoms with Crippen LogP contribution in [0, 0.1) is 11.8 Å². The van der Waals surface area contributed by atoms with Crippen LogP contribution < -0.4 is 5.32 Å². The highest BCUT2D eigenvalue weighted by Gasteiger charge is 2.42. The van der Waals surface area contributed by atoms with E-state index in [-0.39, 0.29) is 5.54 Å². The van der Waals surface area contributed by atoms with Gasteiger partial charge in [0.05, 0.1) is 6.61 Å². The molecule has 2 rings (SSSR count). The van der Waals surface area contributed by atoms with Gasteiger partial charge < -0.3 is 10.4 Å². The first kappa shape index (κ1) is 12.4. The van der Waals surface area contributed by atoms with Gasteiger partial charge in [-0.05, 0) is 44.4 Å². The standard InChI is InChI=1S/C14H27NO/c1-3-11-5-4-6-13(9-11)15-14(2,10-16)12-7-8-12/h11-13,15-16H,3-10H2,1-2H3. The zero-order valence-corrected chi connectivity index (χ0v) is 10.8. The Kier molecular flexibility index (Phi) is 3.91. The van der Waals surface area contributed by atoms with Crippen LogP contribution in [0.25, 0.3) is 0 Å². The summed E-state index contributed by atoms with van der Waals surface area (Å²) in [6.07, 6.45) is 9.31. The Morgan fingerprint density at radius 3 is 2.56 bits per heavy atom. The third-order valence-corrected chi connectivity index (χ3v) is 4.70. The normalized spacial score (nSPS) is 34.7. The van der Waals surface area contributed by atoms with Crippen LogP contribution in [0.3, 0.4) is 0 Å². The maximum Gasteiger partial charge on any atom is 0.0613 e. The Morgan fingerprint density at radius 2 is 2.00 bits per heavy atom. The molecule has 16 heavy (non-hydrogen) atoms. The van der Waals surface area contributed by atoms with Gasteiger partial charge in [-0.1, -0.05) is 26.2 Å². The van der Waals surface area contributed by atoms with Gasteiger partial charge in [-0.25, -0.2) is 0 Å². The van der Waals surface area contributed by atoms with Gasteiger partial charge in [0, 0.05) is 11.6 Å². The monoisotopic (exact) mass is 225 g/mol. The summed E-state index contributed by atoms with van der Waals surface area (Å²) in [6, 6.07) is 0.649. The second-order valence-electron chi connectivity index (χ2n) is 6.13. The van der Waals surface area contributed by atoms with E-state index in [1.807, 2.05) is 0 Å². The first-order valence-electron chi connectivity index (χ1n) is 7.06. The number of hydrogen-bond donors (Lipinski definition) is 2. The maximum atomic E-state index is 9.59. The third-order valence-electron chi connectivity index (χ3n) is 4.70. The minimum absolute atomic E-state index is 0.000296. The van der Waals surface area contributed by atoms with Gasteiger partial charge >= 0.3 is 0 Å². The number of aliphatic hydroxyl groups is 1. The highest BCUT2D eigenvalue weighted by molar-refractivity contribution is 4.99. The summed E-state index contributed by atoms with van der Waals surface area (Å²) < 4.78 is 0. The highest BCUT2D eigenvalue weighted by Crippen LogP contribution is 2.40. The molecule has 2 aliphatic carbocycles. The lowest BCUT2D eigenvalue weighted by atomic mass is 9.82. The van der Waals surface area contributed by atoms with E-state index in [9.17, 15) is 5.11 Å². The Hall–Kier alpha value is -0.0800. The first-order chi connectivity index (χ1) is 7.68. The number of rotatable bonds is 5. The van der Waals surface area contributed by atoms with Crippen LogP contribution in [-0.4, -0.2) is 23.3 Å². The van der Waals surface area contributed by atoms with Crippen molar-refractivity contribution in [3.63, 3.8) is 0 Å². The number of nitrogens with one attached hydrogen (secondary N) is 1. The van der Waals surface area contributed by atoms with E-state index in [0.717, 1.165) is 11.8 Å². The number of hydrogen-bond acceptors (Lipinski definition) is 2. The smallest absolute Gasteiger partial charge is 0.0613 e. The summed E-state index contributed by atoms with van der Waals surface area (Å²) in [5.41, 5.74) is 0.000296. The molecule has 2 nitrogen and oxygen atoms in total. The summed E-state index contributed by atoms with van der Waals surface area (Å²) in [7, 11) is 0. The lowest BCUT2D eigenvalue weighted by Gasteiger charge is -2.38. The van der Waals surface area contributed by atoms with E-state index in [4.69, 9.17) is 0 Å². The topological polar surface area (TPSA) is 32.3 Å². The average molecular weight is 225 g/mol. The molecule has 94 valence electrons. The van der Waals surface area contributed by atoms with E-state index < -0.39 is 0 Å². The van der Waals surface area contributed by atoms with Gasteiger partial charge in [-0.3, -0.25) is 0 Å². The van der Waals surface area contributed by atoms with Crippen LogP contribution in [-0.2, 0) is 0 Å². The molecule has 2 heteroatoms. The molecule has 0 saturated heterocycles. The van der Waals surface area contributed by atoms with Crippen molar-refractivity contribution in [3.8, 4) is 0 Å². The Balaban J connectivity index is 1.87. The summed E-state index contributed by atoms with van der Waals surface area (Å²) in [5, 5.41) is 13.3. The van der Waals surface area contributed by atoms with Gasteiger partial charge in [0.25, 0.3) is 0 Å². The van der Waals surface area contributed by atoms with Crippen LogP contribution >= 0.6 is 0 Å². The highest BCUT2D eigenvalue weighted by atomic mass is 16.3. The van der Waals surface area contributed by atoms with Crippen molar-refractivity contribution in [1.82, 2.24) is 5.32 Å². The van der Waals surface area contributed by atoms with Crippen LogP contribution in [0.5, 0.6) is 0 Å². The summed E-state index contributed by atoms with van der Waals surface area (Å²) >= 11 is 0. The molecular formula is C14H27NO. The van der Waals surface area contributed by atoms with Crippen molar-refractivity contribution in [1.29, 1.82) is 0 Å². The molecule has 0 aromatic carbocycles. The molecule has 0 amide bonds. The molecule has 0 heterocycles. The van der Waals surface area contributed by atoms with Crippen LogP contribution in [0.15, 0.2) is 0 Å². The molecule has 0 aliphatic heterocycles. The minimum atomic E-state index is 0.000296. The lowest BCUT2D eigenvalue weighted by molar-refractivity contribution is 0.124. The van der Waals surface area contributed by atoms with E-state index in [1.165, 1.54) is 44.9 Å². The largest absolute Gasteiger partial charge is 0.394 e. The van der Waals surface area contributed by atoms with Crippen molar-refractivity contribution >= 4 is 0 Å². The van der Waals surface area contributed by atoms with Crippen molar-refractivity contribution < 1.29 is 5.11 Å². The van der Waals surface area contributed by atoms with Gasteiger partial charge in [0.2, 0.25) is 0 Å². The Morgan fingerprint density at radius 1 is 1.25 bits per heavy atom. The fourth-order valence-electron chi connectivity index (χ4n) is 3.27. The Labute approximate surface area is 99.8 Å². The van der Waals surface area contributed by atoms with Crippen molar-refractivity contribution in [3.05, 3.63) is 0 Å². The summed E-state index contributed by atoms with van der Waals surface area (Å²) in [5.74, 6) is 1.63. The summed E-state index contributed by atoms with van der Waals surface area (Å²) in [6.45, 7) is 4.81. The zero-order chi connectivity index (χ0) is 11.6. The quantitative estimate of drug-likeness (QED) is 0.754. The average Bonchev–Trinajstić information content (AvgIpc) is 3.13.